The molecule has 0 amide bonds. The monoisotopic (exact) mass is 341 g/mol. The Labute approximate surface area is 140 Å². The fourth-order valence-electron chi connectivity index (χ4n) is 2.89. The number of benzene rings is 1. The second kappa shape index (κ2) is 7.20. The zero-order valence-corrected chi connectivity index (χ0v) is 14.0. The van der Waals surface area contributed by atoms with Crippen LogP contribution in [0.1, 0.15) is 25.8 Å². The minimum absolute atomic E-state index is 0.0512. The number of aromatic hydroxyl groups is 1. The van der Waals surface area contributed by atoms with E-state index in [1.165, 1.54) is 24.2 Å². The molecule has 3 nitrogen and oxygen atoms in total. The average molecular weight is 341 g/mol. The van der Waals surface area contributed by atoms with Crippen LogP contribution in [0.25, 0.3) is 0 Å². The first-order valence-electron chi connectivity index (χ1n) is 7.83. The highest BCUT2D eigenvalue weighted by atomic mass is 19.4. The van der Waals surface area contributed by atoms with Crippen molar-refractivity contribution in [2.75, 3.05) is 13.7 Å². The van der Waals surface area contributed by atoms with Gasteiger partial charge in [-0.15, -0.1) is 0 Å². The second-order valence-electron chi connectivity index (χ2n) is 5.89. The molecule has 1 heterocycles. The highest BCUT2D eigenvalue weighted by molar-refractivity contribution is 5.42. The molecule has 0 saturated heterocycles. The zero-order valence-electron chi connectivity index (χ0n) is 14.0. The maximum Gasteiger partial charge on any atom is 0.431 e. The van der Waals surface area contributed by atoms with E-state index < -0.39 is 11.9 Å². The summed E-state index contributed by atoms with van der Waals surface area (Å²) < 4.78 is 44.7. The Morgan fingerprint density at radius 1 is 1.38 bits per heavy atom. The molecule has 0 unspecified atom stereocenters. The number of allylic oxidation sites excluding steroid dienone is 2. The first-order valence-corrected chi connectivity index (χ1v) is 7.83. The fourth-order valence-corrected chi connectivity index (χ4v) is 2.89. The number of halogens is 3. The minimum atomic E-state index is -4.33. The van der Waals surface area contributed by atoms with Crippen molar-refractivity contribution in [3.63, 3.8) is 0 Å². The van der Waals surface area contributed by atoms with E-state index in [0.29, 0.717) is 30.7 Å². The van der Waals surface area contributed by atoms with Crippen LogP contribution in [-0.2, 0) is 6.42 Å². The van der Waals surface area contributed by atoms with Gasteiger partial charge in [0.2, 0.25) is 0 Å². The van der Waals surface area contributed by atoms with Crippen molar-refractivity contribution >= 4 is 0 Å². The maximum absolute atomic E-state index is 13.2. The third-order valence-electron chi connectivity index (χ3n) is 4.20. The normalized spacial score (nSPS) is 16.5. The molecule has 0 radical (unpaired) electrons. The fraction of sp³-hybridized carbons (Fsp3) is 0.444. The number of phenolic OH excluding ortho intramolecular Hbond substituents is 1. The van der Waals surface area contributed by atoms with Gasteiger partial charge in [-0.05, 0) is 50.0 Å². The predicted molar refractivity (Wildman–Crippen MR) is 87.0 cm³/mol. The third kappa shape index (κ3) is 3.86. The van der Waals surface area contributed by atoms with Crippen molar-refractivity contribution < 1.29 is 23.0 Å². The molecule has 0 spiro atoms. The van der Waals surface area contributed by atoms with Gasteiger partial charge in [0.1, 0.15) is 5.70 Å². The van der Waals surface area contributed by atoms with Crippen molar-refractivity contribution in [2.45, 2.75) is 38.9 Å². The van der Waals surface area contributed by atoms with Crippen molar-refractivity contribution in [1.82, 2.24) is 4.90 Å². The Hall–Kier alpha value is -2.11. The molecule has 0 aromatic heterocycles. The number of alkyl halides is 3. The van der Waals surface area contributed by atoms with Crippen LogP contribution in [0.15, 0.2) is 41.6 Å². The van der Waals surface area contributed by atoms with Gasteiger partial charge in [0, 0.05) is 12.6 Å². The van der Waals surface area contributed by atoms with Gasteiger partial charge in [-0.2, -0.15) is 13.2 Å². The number of hydrogen-bond acceptors (Lipinski definition) is 3. The van der Waals surface area contributed by atoms with E-state index in [1.807, 2.05) is 0 Å². The molecular weight excluding hydrogens is 319 g/mol. The lowest BCUT2D eigenvalue weighted by Gasteiger charge is -2.43. The van der Waals surface area contributed by atoms with Crippen LogP contribution < -0.4 is 4.74 Å². The molecule has 24 heavy (non-hydrogen) atoms. The molecule has 1 aliphatic heterocycles. The van der Waals surface area contributed by atoms with Gasteiger partial charge in [0.05, 0.1) is 7.11 Å². The second-order valence-corrected chi connectivity index (χ2v) is 5.89. The Balaban J connectivity index is 2.04. The Morgan fingerprint density at radius 3 is 2.67 bits per heavy atom. The van der Waals surface area contributed by atoms with Crippen LogP contribution >= 0.6 is 0 Å². The van der Waals surface area contributed by atoms with Crippen molar-refractivity contribution in [3.05, 3.63) is 47.2 Å². The molecule has 0 saturated carbocycles. The van der Waals surface area contributed by atoms with Crippen LogP contribution in [0, 0.1) is 0 Å². The topological polar surface area (TPSA) is 32.7 Å². The number of ether oxygens (including phenoxy) is 1. The highest BCUT2D eigenvalue weighted by Crippen LogP contribution is 2.40. The number of rotatable bonds is 6. The molecular formula is C18H22F3NO2. The van der Waals surface area contributed by atoms with E-state index >= 15 is 0 Å². The summed E-state index contributed by atoms with van der Waals surface area (Å²) in [5.74, 6) is 0.422. The number of nitrogens with zero attached hydrogens (tertiary/aromatic N) is 1. The molecule has 0 fully saturated rings. The molecule has 1 N–H and O–H groups in total. The lowest BCUT2D eigenvalue weighted by molar-refractivity contribution is -0.122. The molecule has 6 heteroatoms. The summed E-state index contributed by atoms with van der Waals surface area (Å²) in [6, 6.07) is 4.78. The predicted octanol–water partition coefficient (Wildman–Crippen LogP) is 4.43. The number of methoxy groups -OCH3 is 1. The van der Waals surface area contributed by atoms with Crippen LogP contribution in [-0.4, -0.2) is 35.9 Å². The van der Waals surface area contributed by atoms with Crippen LogP contribution in [0.2, 0.25) is 0 Å². The molecule has 1 aromatic carbocycles. The summed E-state index contributed by atoms with van der Waals surface area (Å²) in [7, 11) is 1.46. The van der Waals surface area contributed by atoms with Gasteiger partial charge in [0.25, 0.3) is 0 Å². The Morgan fingerprint density at radius 2 is 2.08 bits per heavy atom. The van der Waals surface area contributed by atoms with Crippen LogP contribution in [0.3, 0.4) is 0 Å². The van der Waals surface area contributed by atoms with E-state index in [1.54, 1.807) is 32.1 Å². The molecule has 1 atom stereocenters. The lowest BCUT2D eigenvalue weighted by Crippen LogP contribution is -2.47. The van der Waals surface area contributed by atoms with E-state index in [0.717, 1.165) is 5.56 Å². The van der Waals surface area contributed by atoms with Gasteiger partial charge in [0.15, 0.2) is 11.5 Å². The standard InChI is InChI=1S/C18H22F3NO2/c1-4-5-14-11-22(17(14)18(19,20)21)12(2)6-7-13-8-9-15(23)16(10-13)24-3/h4-5,8-10,12,23H,6-7,11H2,1-3H3/b5-4-/t12-/m1/s1. The summed E-state index contributed by atoms with van der Waals surface area (Å²) >= 11 is 0. The largest absolute Gasteiger partial charge is 0.504 e. The molecule has 132 valence electrons. The molecule has 0 aliphatic carbocycles. The molecule has 2 rings (SSSR count). The first-order chi connectivity index (χ1) is 11.3. The summed E-state index contributed by atoms with van der Waals surface area (Å²) in [4.78, 5) is 1.41. The quantitative estimate of drug-likeness (QED) is 0.831. The molecule has 1 aliphatic rings. The van der Waals surface area contributed by atoms with E-state index in [2.05, 4.69) is 0 Å². The smallest absolute Gasteiger partial charge is 0.431 e. The van der Waals surface area contributed by atoms with Gasteiger partial charge in [-0.3, -0.25) is 0 Å². The Bertz CT molecular complexity index is 650. The summed E-state index contributed by atoms with van der Waals surface area (Å²) in [5.41, 5.74) is 0.725. The lowest BCUT2D eigenvalue weighted by atomic mass is 9.97. The minimum Gasteiger partial charge on any atom is -0.504 e. The van der Waals surface area contributed by atoms with Gasteiger partial charge in [-0.25, -0.2) is 0 Å². The van der Waals surface area contributed by atoms with Gasteiger partial charge >= 0.3 is 6.18 Å². The average Bonchev–Trinajstić information content (AvgIpc) is 2.48. The Kier molecular flexibility index (Phi) is 5.47. The SMILES string of the molecule is C/C=C\C1=C(C(F)(F)F)N([C@H](C)CCc2ccc(O)c(OC)c2)C1. The summed E-state index contributed by atoms with van der Waals surface area (Å²) in [5, 5.41) is 9.58. The highest BCUT2D eigenvalue weighted by Gasteiger charge is 2.46. The van der Waals surface area contributed by atoms with E-state index in [-0.39, 0.29) is 11.8 Å². The maximum atomic E-state index is 13.2. The van der Waals surface area contributed by atoms with Gasteiger partial charge < -0.3 is 14.7 Å². The third-order valence-corrected chi connectivity index (χ3v) is 4.20. The zero-order chi connectivity index (χ0) is 17.9. The molecule has 1 aromatic rings. The van der Waals surface area contributed by atoms with Crippen molar-refractivity contribution in [3.8, 4) is 11.5 Å². The van der Waals surface area contributed by atoms with Crippen molar-refractivity contribution in [2.24, 2.45) is 0 Å². The van der Waals surface area contributed by atoms with Crippen LogP contribution in [0.4, 0.5) is 13.2 Å². The van der Waals surface area contributed by atoms with Gasteiger partial charge in [-0.1, -0.05) is 18.2 Å². The van der Waals surface area contributed by atoms with E-state index in [9.17, 15) is 18.3 Å². The van der Waals surface area contributed by atoms with Crippen molar-refractivity contribution in [1.29, 1.82) is 0 Å². The van der Waals surface area contributed by atoms with E-state index in [4.69, 9.17) is 4.74 Å². The summed E-state index contributed by atoms with van der Waals surface area (Å²) in [6.07, 6.45) is 0.0147. The number of phenols is 1. The summed E-state index contributed by atoms with van der Waals surface area (Å²) in [6.45, 7) is 3.83. The number of hydrogen-bond donors (Lipinski definition) is 1. The molecule has 0 bridgehead atoms. The number of aryl methyl sites for hydroxylation is 1. The first kappa shape index (κ1) is 18.2. The van der Waals surface area contributed by atoms with Crippen LogP contribution in [0.5, 0.6) is 11.5 Å².